The van der Waals surface area contributed by atoms with Crippen molar-refractivity contribution in [1.82, 2.24) is 0 Å². The number of ketones is 1. The molecule has 0 heterocycles. The van der Waals surface area contributed by atoms with Crippen LogP contribution in [0.2, 0.25) is 0 Å². The van der Waals surface area contributed by atoms with E-state index in [0.29, 0.717) is 17.9 Å². The second-order valence-electron chi connectivity index (χ2n) is 5.00. The molecule has 0 aromatic heterocycles. The summed E-state index contributed by atoms with van der Waals surface area (Å²) in [5.74, 6) is 0.517. The van der Waals surface area contributed by atoms with Gasteiger partial charge < -0.3 is 4.74 Å². The summed E-state index contributed by atoms with van der Waals surface area (Å²) in [5, 5.41) is 0. The maximum atomic E-state index is 12.2. The number of allylic oxidation sites excluding steroid dienone is 1. The number of hydrogen-bond acceptors (Lipinski definition) is 4. The maximum absolute atomic E-state index is 12.2. The van der Waals surface area contributed by atoms with Crippen LogP contribution in [-0.2, 0) is 9.84 Å². The highest BCUT2D eigenvalue weighted by Gasteiger charge is 2.06. The predicted octanol–water partition coefficient (Wildman–Crippen LogP) is 3.38. The Morgan fingerprint density at radius 3 is 2.43 bits per heavy atom. The molecule has 0 bridgehead atoms. The Morgan fingerprint density at radius 2 is 1.83 bits per heavy atom. The van der Waals surface area contributed by atoms with Gasteiger partial charge in [-0.3, -0.25) is 4.79 Å². The summed E-state index contributed by atoms with van der Waals surface area (Å²) in [7, 11) is -3.21. The van der Waals surface area contributed by atoms with Gasteiger partial charge in [0.2, 0.25) is 0 Å². The van der Waals surface area contributed by atoms with Crippen molar-refractivity contribution in [1.29, 1.82) is 0 Å². The minimum atomic E-state index is -3.21. The first-order valence-electron chi connectivity index (χ1n) is 7.15. The van der Waals surface area contributed by atoms with E-state index >= 15 is 0 Å². The summed E-state index contributed by atoms with van der Waals surface area (Å²) in [4.78, 5) is 12.4. The van der Waals surface area contributed by atoms with E-state index in [1.807, 2.05) is 6.92 Å². The smallest absolute Gasteiger partial charge is 0.185 e. The normalized spacial score (nSPS) is 11.6. The Bertz CT molecular complexity index is 818. The van der Waals surface area contributed by atoms with Gasteiger partial charge in [0.25, 0.3) is 0 Å². The summed E-state index contributed by atoms with van der Waals surface area (Å²) in [6.45, 7) is 2.43. The minimum absolute atomic E-state index is 0.140. The number of carbonyl (C=O) groups is 1. The number of ether oxygens (including phenoxy) is 1. The molecule has 0 aliphatic heterocycles. The average molecular weight is 330 g/mol. The molecule has 5 heteroatoms. The van der Waals surface area contributed by atoms with Crippen LogP contribution in [0.1, 0.15) is 22.8 Å². The molecule has 2 rings (SSSR count). The van der Waals surface area contributed by atoms with Gasteiger partial charge >= 0.3 is 0 Å². The molecule has 0 N–H and O–H groups in total. The third-order valence-corrected chi connectivity index (χ3v) is 4.29. The molecule has 0 saturated heterocycles. The predicted molar refractivity (Wildman–Crippen MR) is 90.5 cm³/mol. The highest BCUT2D eigenvalue weighted by molar-refractivity contribution is 7.90. The lowest BCUT2D eigenvalue weighted by Gasteiger charge is -2.03. The topological polar surface area (TPSA) is 60.4 Å². The lowest BCUT2D eigenvalue weighted by molar-refractivity contribution is 0.104. The summed E-state index contributed by atoms with van der Waals surface area (Å²) >= 11 is 0. The molecule has 0 amide bonds. The molecular formula is C18H18O4S. The first-order valence-corrected chi connectivity index (χ1v) is 9.04. The molecule has 0 aliphatic rings. The zero-order valence-electron chi connectivity index (χ0n) is 13.0. The largest absolute Gasteiger partial charge is 0.494 e. The van der Waals surface area contributed by atoms with Crippen LogP contribution in [0.15, 0.2) is 59.5 Å². The Labute approximate surface area is 136 Å². The van der Waals surface area contributed by atoms with Crippen molar-refractivity contribution in [3.05, 3.63) is 65.7 Å². The second-order valence-corrected chi connectivity index (χ2v) is 7.02. The summed E-state index contributed by atoms with van der Waals surface area (Å²) < 4.78 is 28.2. The first kappa shape index (κ1) is 17.0. The first-order chi connectivity index (χ1) is 10.9. The van der Waals surface area contributed by atoms with Crippen LogP contribution in [-0.4, -0.2) is 27.1 Å². The monoisotopic (exact) mass is 330 g/mol. The molecule has 0 spiro atoms. The van der Waals surface area contributed by atoms with Crippen LogP contribution in [0.5, 0.6) is 5.75 Å². The summed E-state index contributed by atoms with van der Waals surface area (Å²) in [6.07, 6.45) is 4.27. The van der Waals surface area contributed by atoms with Gasteiger partial charge in [0.05, 0.1) is 11.5 Å². The molecule has 2 aromatic rings. The molecule has 0 atom stereocenters. The molecule has 4 nitrogen and oxygen atoms in total. The molecule has 23 heavy (non-hydrogen) atoms. The fraction of sp³-hybridized carbons (Fsp3) is 0.167. The third-order valence-electron chi connectivity index (χ3n) is 3.16. The fourth-order valence-electron chi connectivity index (χ4n) is 2.00. The van der Waals surface area contributed by atoms with E-state index < -0.39 is 9.84 Å². The van der Waals surface area contributed by atoms with E-state index in [1.54, 1.807) is 42.5 Å². The summed E-state index contributed by atoms with van der Waals surface area (Å²) in [5.41, 5.74) is 1.30. The van der Waals surface area contributed by atoms with Gasteiger partial charge in [0, 0.05) is 11.8 Å². The van der Waals surface area contributed by atoms with E-state index in [0.717, 1.165) is 11.8 Å². The summed E-state index contributed by atoms with van der Waals surface area (Å²) in [6, 6.07) is 13.4. The lowest BCUT2D eigenvalue weighted by Crippen LogP contribution is -1.97. The van der Waals surface area contributed by atoms with Gasteiger partial charge in [-0.1, -0.05) is 30.3 Å². The number of rotatable bonds is 6. The van der Waals surface area contributed by atoms with E-state index in [4.69, 9.17) is 4.74 Å². The second kappa shape index (κ2) is 7.24. The van der Waals surface area contributed by atoms with E-state index in [-0.39, 0.29) is 10.7 Å². The third kappa shape index (κ3) is 4.79. The number of sulfone groups is 1. The SMILES string of the molecule is CCOc1cccc(C(=O)/C=C\c2ccc(S(C)(=O)=O)cc2)c1. The Morgan fingerprint density at radius 1 is 1.13 bits per heavy atom. The minimum Gasteiger partial charge on any atom is -0.494 e. The molecule has 0 unspecified atom stereocenters. The van der Waals surface area contributed by atoms with E-state index in [2.05, 4.69) is 0 Å². The molecule has 2 aromatic carbocycles. The zero-order valence-corrected chi connectivity index (χ0v) is 13.8. The lowest BCUT2D eigenvalue weighted by atomic mass is 10.1. The Kier molecular flexibility index (Phi) is 5.34. The maximum Gasteiger partial charge on any atom is 0.185 e. The van der Waals surface area contributed by atoms with Gasteiger partial charge in [0.15, 0.2) is 15.6 Å². The molecule has 120 valence electrons. The van der Waals surface area contributed by atoms with Crippen molar-refractivity contribution in [3.63, 3.8) is 0 Å². The van der Waals surface area contributed by atoms with Gasteiger partial charge in [-0.25, -0.2) is 8.42 Å². The van der Waals surface area contributed by atoms with Crippen molar-refractivity contribution < 1.29 is 17.9 Å². The van der Waals surface area contributed by atoms with Gasteiger partial charge in [-0.15, -0.1) is 0 Å². The van der Waals surface area contributed by atoms with Crippen LogP contribution in [0.3, 0.4) is 0 Å². The van der Waals surface area contributed by atoms with Crippen LogP contribution >= 0.6 is 0 Å². The van der Waals surface area contributed by atoms with Crippen molar-refractivity contribution in [2.45, 2.75) is 11.8 Å². The highest BCUT2D eigenvalue weighted by atomic mass is 32.2. The average Bonchev–Trinajstić information content (AvgIpc) is 2.53. The van der Waals surface area contributed by atoms with Crippen LogP contribution < -0.4 is 4.74 Å². The van der Waals surface area contributed by atoms with Gasteiger partial charge in [-0.2, -0.15) is 0 Å². The Balaban J connectivity index is 2.13. The number of carbonyl (C=O) groups excluding carboxylic acids is 1. The van der Waals surface area contributed by atoms with Crippen LogP contribution in [0, 0.1) is 0 Å². The standard InChI is InChI=1S/C18H18O4S/c1-3-22-16-6-4-5-15(13-16)18(19)12-9-14-7-10-17(11-8-14)23(2,20)21/h4-13H,3H2,1-2H3/b12-9-. The number of benzene rings is 2. The molecule has 0 saturated carbocycles. The van der Waals surface area contributed by atoms with Crippen molar-refractivity contribution >= 4 is 21.7 Å². The molecule has 0 aliphatic carbocycles. The Hall–Kier alpha value is -2.40. The zero-order chi connectivity index (χ0) is 16.9. The van der Waals surface area contributed by atoms with Crippen LogP contribution in [0.25, 0.3) is 6.08 Å². The van der Waals surface area contributed by atoms with Gasteiger partial charge in [-0.05, 0) is 42.8 Å². The fourth-order valence-corrected chi connectivity index (χ4v) is 2.63. The molecule has 0 radical (unpaired) electrons. The van der Waals surface area contributed by atoms with Crippen molar-refractivity contribution in [3.8, 4) is 5.75 Å². The molecule has 0 fully saturated rings. The van der Waals surface area contributed by atoms with E-state index in [9.17, 15) is 13.2 Å². The highest BCUT2D eigenvalue weighted by Crippen LogP contribution is 2.15. The van der Waals surface area contributed by atoms with Gasteiger partial charge in [0.1, 0.15) is 5.75 Å². The van der Waals surface area contributed by atoms with E-state index in [1.165, 1.54) is 18.2 Å². The number of hydrogen-bond donors (Lipinski definition) is 0. The molecular weight excluding hydrogens is 312 g/mol. The quantitative estimate of drug-likeness (QED) is 0.602. The van der Waals surface area contributed by atoms with Crippen molar-refractivity contribution in [2.75, 3.05) is 12.9 Å². The van der Waals surface area contributed by atoms with Crippen molar-refractivity contribution in [2.24, 2.45) is 0 Å². The van der Waals surface area contributed by atoms with Crippen LogP contribution in [0.4, 0.5) is 0 Å².